The molecule has 110 valence electrons. The van der Waals surface area contributed by atoms with Crippen LogP contribution in [0.2, 0.25) is 0 Å². The van der Waals surface area contributed by atoms with Gasteiger partial charge in [-0.05, 0) is 34.5 Å². The van der Waals surface area contributed by atoms with E-state index >= 15 is 0 Å². The average Bonchev–Trinajstić information content (AvgIpc) is 2.84. The topological polar surface area (TPSA) is 69.6 Å². The van der Waals surface area contributed by atoms with Crippen molar-refractivity contribution in [1.82, 2.24) is 10.2 Å². The quantitative estimate of drug-likeness (QED) is 0.842. The minimum Gasteiger partial charge on any atom is -0.480 e. The molecule has 2 amide bonds. The van der Waals surface area contributed by atoms with Crippen LogP contribution in [-0.2, 0) is 11.2 Å². The van der Waals surface area contributed by atoms with Gasteiger partial charge in [-0.2, -0.15) is 11.8 Å². The number of rotatable bonds is 4. The Morgan fingerprint density at radius 1 is 1.50 bits per heavy atom. The van der Waals surface area contributed by atoms with Crippen molar-refractivity contribution in [3.63, 3.8) is 0 Å². The third-order valence-corrected chi connectivity index (χ3v) is 5.66. The van der Waals surface area contributed by atoms with Gasteiger partial charge in [-0.25, -0.2) is 9.59 Å². The van der Waals surface area contributed by atoms with Crippen LogP contribution in [0, 0.1) is 0 Å². The number of carbonyl (C=O) groups is 2. The van der Waals surface area contributed by atoms with Gasteiger partial charge in [0.25, 0.3) is 0 Å². The zero-order valence-corrected chi connectivity index (χ0v) is 13.9. The third-order valence-electron chi connectivity index (χ3n) is 2.95. The highest BCUT2D eigenvalue weighted by molar-refractivity contribution is 9.11. The zero-order chi connectivity index (χ0) is 14.5. The second kappa shape index (κ2) is 7.33. The predicted molar refractivity (Wildman–Crippen MR) is 84.6 cm³/mol. The second-order valence-corrected chi connectivity index (χ2v) is 8.01. The number of hydrogen-bond acceptors (Lipinski definition) is 4. The van der Waals surface area contributed by atoms with Crippen molar-refractivity contribution in [3.8, 4) is 0 Å². The van der Waals surface area contributed by atoms with E-state index in [1.54, 1.807) is 23.1 Å². The summed E-state index contributed by atoms with van der Waals surface area (Å²) in [5.41, 5.74) is 0. The van der Waals surface area contributed by atoms with Crippen LogP contribution in [0.5, 0.6) is 0 Å². The van der Waals surface area contributed by atoms with Crippen LogP contribution in [0.15, 0.2) is 15.9 Å². The van der Waals surface area contributed by atoms with Gasteiger partial charge >= 0.3 is 12.0 Å². The van der Waals surface area contributed by atoms with Crippen LogP contribution in [0.3, 0.4) is 0 Å². The van der Waals surface area contributed by atoms with E-state index in [2.05, 4.69) is 21.2 Å². The number of nitrogens with zero attached hydrogens (tertiary/aromatic N) is 1. The first-order valence-electron chi connectivity index (χ1n) is 6.17. The zero-order valence-electron chi connectivity index (χ0n) is 10.7. The third kappa shape index (κ3) is 4.13. The molecule has 1 saturated heterocycles. The lowest BCUT2D eigenvalue weighted by molar-refractivity contribution is -0.141. The van der Waals surface area contributed by atoms with Crippen molar-refractivity contribution >= 4 is 51.0 Å². The highest BCUT2D eigenvalue weighted by atomic mass is 79.9. The number of amides is 2. The summed E-state index contributed by atoms with van der Waals surface area (Å²) in [7, 11) is 0. The van der Waals surface area contributed by atoms with E-state index in [0.29, 0.717) is 18.8 Å². The monoisotopic (exact) mass is 378 g/mol. The lowest BCUT2D eigenvalue weighted by atomic mass is 10.3. The summed E-state index contributed by atoms with van der Waals surface area (Å²) in [6.45, 7) is 1.000. The van der Waals surface area contributed by atoms with Gasteiger partial charge in [0.2, 0.25) is 0 Å². The molecule has 1 aromatic rings. The number of hydrogen-bond donors (Lipinski definition) is 2. The van der Waals surface area contributed by atoms with Gasteiger partial charge in [0.1, 0.15) is 6.04 Å². The van der Waals surface area contributed by atoms with Crippen molar-refractivity contribution in [2.45, 2.75) is 12.5 Å². The molecular formula is C12H15BrN2O3S2. The summed E-state index contributed by atoms with van der Waals surface area (Å²) >= 11 is 6.60. The van der Waals surface area contributed by atoms with Gasteiger partial charge in [-0.1, -0.05) is 0 Å². The maximum atomic E-state index is 12.0. The van der Waals surface area contributed by atoms with Crippen LogP contribution in [-0.4, -0.2) is 52.6 Å². The summed E-state index contributed by atoms with van der Waals surface area (Å²) in [6, 6.07) is 2.99. The molecule has 0 aromatic carbocycles. The number of halogens is 1. The molecule has 2 heterocycles. The van der Waals surface area contributed by atoms with Crippen molar-refractivity contribution in [1.29, 1.82) is 0 Å². The predicted octanol–water partition coefficient (Wildman–Crippen LogP) is 2.26. The van der Waals surface area contributed by atoms with Gasteiger partial charge in [0, 0.05) is 29.5 Å². The number of thioether (sulfide) groups is 1. The van der Waals surface area contributed by atoms with E-state index in [1.165, 1.54) is 9.78 Å². The molecule has 0 spiro atoms. The Kier molecular flexibility index (Phi) is 5.74. The van der Waals surface area contributed by atoms with Crippen molar-refractivity contribution in [3.05, 3.63) is 20.8 Å². The summed E-state index contributed by atoms with van der Waals surface area (Å²) in [5, 5.41) is 11.9. The van der Waals surface area contributed by atoms with Crippen molar-refractivity contribution in [2.24, 2.45) is 0 Å². The molecule has 1 aliphatic rings. The molecular weight excluding hydrogens is 364 g/mol. The lowest BCUT2D eigenvalue weighted by Gasteiger charge is -2.32. The number of aliphatic carboxylic acids is 1. The molecule has 1 aromatic heterocycles. The first-order chi connectivity index (χ1) is 9.58. The molecule has 0 saturated carbocycles. The molecule has 1 atom stereocenters. The summed E-state index contributed by atoms with van der Waals surface area (Å²) in [5.74, 6) is 0.310. The lowest BCUT2D eigenvalue weighted by Crippen LogP contribution is -2.54. The highest BCUT2D eigenvalue weighted by Gasteiger charge is 2.32. The fourth-order valence-corrected chi connectivity index (χ4v) is 4.45. The van der Waals surface area contributed by atoms with E-state index in [1.807, 2.05) is 12.1 Å². The van der Waals surface area contributed by atoms with Crippen molar-refractivity contribution in [2.75, 3.05) is 24.6 Å². The number of carboxylic acid groups (broad SMARTS) is 1. The molecule has 2 rings (SSSR count). The molecule has 1 fully saturated rings. The smallest absolute Gasteiger partial charge is 0.327 e. The second-order valence-electron chi connectivity index (χ2n) is 4.31. The normalized spacial score (nSPS) is 18.9. The molecule has 0 bridgehead atoms. The number of carbonyl (C=O) groups excluding carboxylic acids is 1. The molecule has 2 N–H and O–H groups in total. The fourth-order valence-electron chi connectivity index (χ4n) is 1.93. The van der Waals surface area contributed by atoms with Crippen LogP contribution in [0.25, 0.3) is 0 Å². The number of carboxylic acids is 1. The maximum Gasteiger partial charge on any atom is 0.327 e. The minimum atomic E-state index is -0.936. The Bertz CT molecular complexity index is 495. The van der Waals surface area contributed by atoms with Crippen LogP contribution >= 0.6 is 39.0 Å². The Hall–Kier alpha value is -0.730. The SMILES string of the molecule is O=C(O)C1CSCCN1C(=O)NCCc1ccc(Br)s1. The van der Waals surface area contributed by atoms with E-state index in [4.69, 9.17) is 5.11 Å². The fraction of sp³-hybridized carbons (Fsp3) is 0.500. The van der Waals surface area contributed by atoms with Gasteiger partial charge < -0.3 is 15.3 Å². The Morgan fingerprint density at radius 3 is 2.95 bits per heavy atom. The highest BCUT2D eigenvalue weighted by Crippen LogP contribution is 2.22. The molecule has 1 unspecified atom stereocenters. The van der Waals surface area contributed by atoms with E-state index < -0.39 is 12.0 Å². The van der Waals surface area contributed by atoms with Crippen LogP contribution in [0.1, 0.15) is 4.88 Å². The van der Waals surface area contributed by atoms with Gasteiger partial charge in [0.15, 0.2) is 0 Å². The average molecular weight is 379 g/mol. The first kappa shape index (κ1) is 15.7. The summed E-state index contributed by atoms with van der Waals surface area (Å²) < 4.78 is 1.07. The number of nitrogens with one attached hydrogen (secondary N) is 1. The Morgan fingerprint density at radius 2 is 2.30 bits per heavy atom. The van der Waals surface area contributed by atoms with E-state index in [9.17, 15) is 9.59 Å². The molecule has 20 heavy (non-hydrogen) atoms. The molecule has 0 radical (unpaired) electrons. The molecule has 8 heteroatoms. The molecule has 0 aliphatic carbocycles. The van der Waals surface area contributed by atoms with Crippen LogP contribution in [0.4, 0.5) is 4.79 Å². The van der Waals surface area contributed by atoms with Crippen molar-refractivity contribution < 1.29 is 14.7 Å². The molecule has 1 aliphatic heterocycles. The summed E-state index contributed by atoms with van der Waals surface area (Å²) in [4.78, 5) is 25.8. The molecule has 5 nitrogen and oxygen atoms in total. The number of thiophene rings is 1. The van der Waals surface area contributed by atoms with E-state index in [0.717, 1.165) is 16.0 Å². The van der Waals surface area contributed by atoms with E-state index in [-0.39, 0.29) is 6.03 Å². The number of urea groups is 1. The Balaban J connectivity index is 1.82. The standard InChI is InChI=1S/C12H15BrN2O3S2/c13-10-2-1-8(20-10)3-4-14-12(18)15-5-6-19-7-9(15)11(16)17/h1-2,9H,3-7H2,(H,14,18)(H,16,17). The minimum absolute atomic E-state index is 0.284. The first-order valence-corrected chi connectivity index (χ1v) is 8.93. The van der Waals surface area contributed by atoms with Gasteiger partial charge in [-0.15, -0.1) is 11.3 Å². The maximum absolute atomic E-state index is 12.0. The van der Waals surface area contributed by atoms with Crippen LogP contribution < -0.4 is 5.32 Å². The Labute approximate surface area is 133 Å². The summed E-state index contributed by atoms with van der Waals surface area (Å²) in [6.07, 6.45) is 0.752. The van der Waals surface area contributed by atoms with Gasteiger partial charge in [-0.3, -0.25) is 0 Å². The largest absolute Gasteiger partial charge is 0.480 e. The van der Waals surface area contributed by atoms with Gasteiger partial charge in [0.05, 0.1) is 3.79 Å².